The highest BCUT2D eigenvalue weighted by Crippen LogP contribution is 2.29. The number of benzene rings is 2. The van der Waals surface area contributed by atoms with Gasteiger partial charge in [-0.1, -0.05) is 35.6 Å². The molecule has 1 heterocycles. The maximum atomic E-state index is 10.8. The van der Waals surface area contributed by atoms with E-state index in [1.54, 1.807) is 12.1 Å². The van der Waals surface area contributed by atoms with Crippen LogP contribution in [-0.2, 0) is 17.9 Å². The number of nitro groups is 1. The summed E-state index contributed by atoms with van der Waals surface area (Å²) < 4.78 is 6.29. The molecule has 0 saturated carbocycles. The number of thiazole rings is 1. The van der Waals surface area contributed by atoms with Crippen molar-refractivity contribution in [3.05, 3.63) is 63.7 Å². The van der Waals surface area contributed by atoms with Crippen molar-refractivity contribution in [1.29, 1.82) is 0 Å². The average molecular weight is 343 g/mol. The number of nitro benzene ring substituents is 1. The Morgan fingerprint density at radius 2 is 2.04 bits per heavy atom. The highest BCUT2D eigenvalue weighted by molar-refractivity contribution is 7.22. The molecule has 1 aromatic heterocycles. The monoisotopic (exact) mass is 343 g/mol. The van der Waals surface area contributed by atoms with Gasteiger partial charge in [-0.15, -0.1) is 0 Å². The molecule has 2 aromatic carbocycles. The summed E-state index contributed by atoms with van der Waals surface area (Å²) in [6.45, 7) is 3.87. The van der Waals surface area contributed by atoms with E-state index >= 15 is 0 Å². The van der Waals surface area contributed by atoms with Crippen LogP contribution in [0.25, 0.3) is 10.2 Å². The van der Waals surface area contributed by atoms with Gasteiger partial charge in [0.1, 0.15) is 0 Å². The van der Waals surface area contributed by atoms with Gasteiger partial charge in [-0.3, -0.25) is 10.1 Å². The van der Waals surface area contributed by atoms with Gasteiger partial charge in [-0.05, 0) is 24.1 Å². The standard InChI is InChI=1S/C17H17N3O3S/c1-2-23-11-13-6-4-3-5-12(13)10-18-17-19-15-8-7-14(20(21)22)9-16(15)24-17/h3-9H,2,10-11H2,1H3,(H,18,19). The predicted octanol–water partition coefficient (Wildman–Crippen LogP) is 4.35. The molecule has 6 nitrogen and oxygen atoms in total. The van der Waals surface area contributed by atoms with Crippen LogP contribution in [0.2, 0.25) is 0 Å². The lowest BCUT2D eigenvalue weighted by Gasteiger charge is -2.09. The van der Waals surface area contributed by atoms with Crippen LogP contribution in [0.15, 0.2) is 42.5 Å². The van der Waals surface area contributed by atoms with Crippen molar-refractivity contribution in [1.82, 2.24) is 4.98 Å². The van der Waals surface area contributed by atoms with Gasteiger partial charge in [0.2, 0.25) is 0 Å². The number of nitrogens with zero attached hydrogens (tertiary/aromatic N) is 2. The van der Waals surface area contributed by atoms with Crippen LogP contribution in [0.4, 0.5) is 10.8 Å². The molecule has 0 bridgehead atoms. The van der Waals surface area contributed by atoms with Gasteiger partial charge in [0.05, 0.1) is 21.7 Å². The molecule has 0 atom stereocenters. The Bertz CT molecular complexity index is 863. The summed E-state index contributed by atoms with van der Waals surface area (Å²) in [4.78, 5) is 14.9. The molecule has 0 unspecified atom stereocenters. The van der Waals surface area contributed by atoms with E-state index in [0.717, 1.165) is 26.5 Å². The SMILES string of the molecule is CCOCc1ccccc1CNc1nc2ccc([N+](=O)[O-])cc2s1. The molecular weight excluding hydrogens is 326 g/mol. The summed E-state index contributed by atoms with van der Waals surface area (Å²) in [6, 6.07) is 12.8. The Morgan fingerprint density at radius 1 is 1.25 bits per heavy atom. The largest absolute Gasteiger partial charge is 0.377 e. The van der Waals surface area contributed by atoms with Crippen molar-refractivity contribution in [2.75, 3.05) is 11.9 Å². The third-order valence-electron chi connectivity index (χ3n) is 3.59. The highest BCUT2D eigenvalue weighted by Gasteiger charge is 2.10. The molecule has 24 heavy (non-hydrogen) atoms. The molecule has 7 heteroatoms. The number of rotatable bonds is 7. The number of fused-ring (bicyclic) bond motifs is 1. The topological polar surface area (TPSA) is 77.3 Å². The highest BCUT2D eigenvalue weighted by atomic mass is 32.1. The second-order valence-electron chi connectivity index (χ2n) is 5.19. The molecule has 0 radical (unpaired) electrons. The third-order valence-corrected chi connectivity index (χ3v) is 4.57. The van der Waals surface area contributed by atoms with E-state index in [2.05, 4.69) is 16.4 Å². The molecule has 0 amide bonds. The minimum absolute atomic E-state index is 0.0831. The molecule has 0 aliphatic rings. The first-order valence-electron chi connectivity index (χ1n) is 7.60. The van der Waals surface area contributed by atoms with Crippen molar-refractivity contribution in [2.45, 2.75) is 20.1 Å². The predicted molar refractivity (Wildman–Crippen MR) is 95.4 cm³/mol. The summed E-state index contributed by atoms with van der Waals surface area (Å²) in [5.41, 5.74) is 3.13. The zero-order chi connectivity index (χ0) is 16.9. The minimum Gasteiger partial charge on any atom is -0.377 e. The lowest BCUT2D eigenvalue weighted by molar-refractivity contribution is -0.384. The maximum absolute atomic E-state index is 10.8. The van der Waals surface area contributed by atoms with E-state index in [1.165, 1.54) is 17.4 Å². The second-order valence-corrected chi connectivity index (χ2v) is 6.22. The normalized spacial score (nSPS) is 10.9. The van der Waals surface area contributed by atoms with Gasteiger partial charge in [-0.25, -0.2) is 4.98 Å². The van der Waals surface area contributed by atoms with Gasteiger partial charge in [-0.2, -0.15) is 0 Å². The van der Waals surface area contributed by atoms with Crippen LogP contribution in [0, 0.1) is 10.1 Å². The summed E-state index contributed by atoms with van der Waals surface area (Å²) in [5, 5.41) is 14.9. The number of non-ortho nitro benzene ring substituents is 1. The van der Waals surface area contributed by atoms with E-state index in [-0.39, 0.29) is 5.69 Å². The molecule has 0 aliphatic heterocycles. The number of anilines is 1. The van der Waals surface area contributed by atoms with E-state index in [4.69, 9.17) is 4.74 Å². The van der Waals surface area contributed by atoms with Gasteiger partial charge >= 0.3 is 0 Å². The molecule has 124 valence electrons. The summed E-state index contributed by atoms with van der Waals surface area (Å²) in [5.74, 6) is 0. The zero-order valence-corrected chi connectivity index (χ0v) is 14.0. The smallest absolute Gasteiger partial charge is 0.270 e. The lowest BCUT2D eigenvalue weighted by atomic mass is 10.1. The van der Waals surface area contributed by atoms with Crippen LogP contribution in [0.3, 0.4) is 0 Å². The average Bonchev–Trinajstić information content (AvgIpc) is 3.00. The van der Waals surface area contributed by atoms with Gasteiger partial charge in [0.25, 0.3) is 5.69 Å². The van der Waals surface area contributed by atoms with E-state index in [9.17, 15) is 10.1 Å². The number of hydrogen-bond donors (Lipinski definition) is 1. The Labute approximate surface area is 143 Å². The van der Waals surface area contributed by atoms with E-state index in [1.807, 2.05) is 25.1 Å². The fourth-order valence-corrected chi connectivity index (χ4v) is 3.25. The second kappa shape index (κ2) is 7.37. The van der Waals surface area contributed by atoms with Crippen molar-refractivity contribution in [3.8, 4) is 0 Å². The lowest BCUT2D eigenvalue weighted by Crippen LogP contribution is -2.04. The Kier molecular flexibility index (Phi) is 5.02. The molecule has 1 N–H and O–H groups in total. The summed E-state index contributed by atoms with van der Waals surface area (Å²) in [6.07, 6.45) is 0. The fourth-order valence-electron chi connectivity index (χ4n) is 2.36. The number of hydrogen-bond acceptors (Lipinski definition) is 6. The van der Waals surface area contributed by atoms with Crippen LogP contribution in [0.1, 0.15) is 18.1 Å². The van der Waals surface area contributed by atoms with Gasteiger partial charge in [0, 0.05) is 25.3 Å². The van der Waals surface area contributed by atoms with Crippen LogP contribution in [-0.4, -0.2) is 16.5 Å². The first-order chi connectivity index (χ1) is 11.7. The van der Waals surface area contributed by atoms with Crippen LogP contribution < -0.4 is 5.32 Å². The molecule has 3 rings (SSSR count). The Morgan fingerprint density at radius 3 is 2.79 bits per heavy atom. The quantitative estimate of drug-likeness (QED) is 0.510. The minimum atomic E-state index is -0.393. The van der Waals surface area contributed by atoms with Crippen molar-refractivity contribution in [3.63, 3.8) is 0 Å². The van der Waals surface area contributed by atoms with E-state index in [0.29, 0.717) is 19.8 Å². The Hall–Kier alpha value is -2.51. The molecule has 0 aliphatic carbocycles. The molecule has 3 aromatic rings. The summed E-state index contributed by atoms with van der Waals surface area (Å²) in [7, 11) is 0. The Balaban J connectivity index is 1.75. The fraction of sp³-hybridized carbons (Fsp3) is 0.235. The summed E-state index contributed by atoms with van der Waals surface area (Å²) >= 11 is 1.41. The molecule has 0 fully saturated rings. The molecule has 0 spiro atoms. The van der Waals surface area contributed by atoms with Crippen molar-refractivity contribution >= 4 is 32.4 Å². The number of aromatic nitrogens is 1. The van der Waals surface area contributed by atoms with E-state index < -0.39 is 4.92 Å². The zero-order valence-electron chi connectivity index (χ0n) is 13.2. The third kappa shape index (κ3) is 3.69. The first kappa shape index (κ1) is 16.4. The maximum Gasteiger partial charge on any atom is 0.270 e. The van der Waals surface area contributed by atoms with Gasteiger partial charge < -0.3 is 10.1 Å². The van der Waals surface area contributed by atoms with Crippen LogP contribution >= 0.6 is 11.3 Å². The number of nitrogens with one attached hydrogen (secondary N) is 1. The van der Waals surface area contributed by atoms with Gasteiger partial charge in [0.15, 0.2) is 5.13 Å². The molecular formula is C17H17N3O3S. The number of ether oxygens (including phenoxy) is 1. The molecule has 0 saturated heterocycles. The van der Waals surface area contributed by atoms with Crippen molar-refractivity contribution < 1.29 is 9.66 Å². The van der Waals surface area contributed by atoms with Crippen LogP contribution in [0.5, 0.6) is 0 Å². The van der Waals surface area contributed by atoms with Crippen molar-refractivity contribution in [2.24, 2.45) is 0 Å². The first-order valence-corrected chi connectivity index (χ1v) is 8.42.